The number of aromatic carboxylic acids is 1. The third-order valence-corrected chi connectivity index (χ3v) is 8.70. The first-order chi connectivity index (χ1) is 24.1. The second kappa shape index (κ2) is 14.0. The van der Waals surface area contributed by atoms with Gasteiger partial charge in [0.05, 0.1) is 24.6 Å². The van der Waals surface area contributed by atoms with Gasteiger partial charge in [0.15, 0.2) is 5.43 Å². The summed E-state index contributed by atoms with van der Waals surface area (Å²) in [5.74, 6) is -1.13. The number of amides is 2. The zero-order valence-electron chi connectivity index (χ0n) is 27.2. The van der Waals surface area contributed by atoms with Gasteiger partial charge in [-0.1, -0.05) is 6.07 Å². The molecule has 1 aromatic heterocycles. The number of ether oxygens (including phenoxy) is 1. The minimum absolute atomic E-state index is 0.0610. The number of carboxylic acids is 1. The molecule has 12 nitrogen and oxygen atoms in total. The van der Waals surface area contributed by atoms with Crippen LogP contribution in [0.1, 0.15) is 44.8 Å². The zero-order valence-corrected chi connectivity index (χ0v) is 27.2. The van der Waals surface area contributed by atoms with Crippen LogP contribution in [0.25, 0.3) is 44.3 Å². The van der Waals surface area contributed by atoms with Crippen molar-refractivity contribution in [2.75, 3.05) is 20.2 Å². The average Bonchev–Trinajstić information content (AvgIpc) is 3.36. The number of carbonyl (C=O) groups excluding carboxylic acids is 3. The van der Waals surface area contributed by atoms with Gasteiger partial charge in [0.1, 0.15) is 22.8 Å². The molecule has 1 aliphatic heterocycles. The first-order valence-electron chi connectivity index (χ1n) is 15.8. The van der Waals surface area contributed by atoms with Gasteiger partial charge in [0.2, 0.25) is 12.3 Å². The number of hydrogen-bond donors (Lipinski definition) is 4. The molecule has 2 aliphatic rings. The Balaban J connectivity index is 1.10. The van der Waals surface area contributed by atoms with E-state index in [1.165, 1.54) is 41.0 Å². The lowest BCUT2D eigenvalue weighted by atomic mass is 9.90. The van der Waals surface area contributed by atoms with E-state index in [9.17, 15) is 34.2 Å². The van der Waals surface area contributed by atoms with Gasteiger partial charge < -0.3 is 30.0 Å². The van der Waals surface area contributed by atoms with Gasteiger partial charge in [-0.2, -0.15) is 0 Å². The average molecular weight is 676 g/mol. The molecule has 4 N–H and O–H groups in total. The van der Waals surface area contributed by atoms with Crippen molar-refractivity contribution in [3.63, 3.8) is 0 Å². The predicted molar refractivity (Wildman–Crippen MR) is 187 cm³/mol. The Kier molecular flexibility index (Phi) is 9.35. The fourth-order valence-corrected chi connectivity index (χ4v) is 6.21. The van der Waals surface area contributed by atoms with Crippen molar-refractivity contribution in [2.45, 2.75) is 26.2 Å². The highest BCUT2D eigenvalue weighted by Crippen LogP contribution is 2.42. The Morgan fingerprint density at radius 1 is 0.900 bits per heavy atom. The number of fused-ring (bicyclic) bond motifs is 3. The van der Waals surface area contributed by atoms with Crippen LogP contribution in [0.4, 0.5) is 0 Å². The molecule has 0 unspecified atom stereocenters. The largest absolute Gasteiger partial charge is 0.508 e. The summed E-state index contributed by atoms with van der Waals surface area (Å²) in [6.07, 6.45) is 1.93. The normalized spacial score (nSPS) is 11.2. The molecule has 2 heterocycles. The monoisotopic (exact) mass is 675 g/mol. The lowest BCUT2D eigenvalue weighted by Gasteiger charge is -2.17. The number of benzene rings is 4. The number of phenolic OH excluding ortho intramolecular Hbond substituents is 1. The van der Waals surface area contributed by atoms with Gasteiger partial charge in [-0.05, 0) is 85.5 Å². The van der Waals surface area contributed by atoms with Crippen molar-refractivity contribution in [1.29, 1.82) is 0 Å². The fourth-order valence-electron chi connectivity index (χ4n) is 6.21. The molecule has 0 spiro atoms. The van der Waals surface area contributed by atoms with E-state index in [1.807, 2.05) is 0 Å². The maximum Gasteiger partial charge on any atom is 0.336 e. The molecule has 3 aromatic carbocycles. The van der Waals surface area contributed by atoms with Crippen LogP contribution in [0, 0.1) is 6.92 Å². The highest BCUT2D eigenvalue weighted by atomic mass is 16.5. The summed E-state index contributed by atoms with van der Waals surface area (Å²) in [6, 6.07) is 18.4. The van der Waals surface area contributed by atoms with Crippen LogP contribution in [-0.2, 0) is 16.0 Å². The van der Waals surface area contributed by atoms with E-state index in [4.69, 9.17) is 9.15 Å². The van der Waals surface area contributed by atoms with Crippen LogP contribution in [0.5, 0.6) is 11.5 Å². The topological polar surface area (TPSA) is 177 Å². The maximum absolute atomic E-state index is 13.0. The summed E-state index contributed by atoms with van der Waals surface area (Å²) >= 11 is 0. The van der Waals surface area contributed by atoms with Gasteiger partial charge in [-0.15, -0.1) is 0 Å². The Bertz CT molecular complexity index is 2340. The van der Waals surface area contributed by atoms with E-state index in [-0.39, 0.29) is 46.0 Å². The van der Waals surface area contributed by atoms with Gasteiger partial charge in [0, 0.05) is 58.4 Å². The number of aromatic hydroxyl groups is 1. The summed E-state index contributed by atoms with van der Waals surface area (Å²) in [4.78, 5) is 62.1. The van der Waals surface area contributed by atoms with Crippen LogP contribution < -0.4 is 20.8 Å². The predicted octanol–water partition coefficient (Wildman–Crippen LogP) is 5.15. The second-order valence-electron chi connectivity index (χ2n) is 11.8. The molecule has 254 valence electrons. The van der Waals surface area contributed by atoms with Crippen molar-refractivity contribution in [3.05, 3.63) is 105 Å². The summed E-state index contributed by atoms with van der Waals surface area (Å²) < 4.78 is 12.7. The van der Waals surface area contributed by atoms with Crippen molar-refractivity contribution in [3.8, 4) is 33.9 Å². The summed E-state index contributed by atoms with van der Waals surface area (Å²) in [6.45, 7) is 2.46. The van der Waals surface area contributed by atoms with Gasteiger partial charge in [0.25, 0.3) is 5.91 Å². The molecule has 12 heteroatoms. The van der Waals surface area contributed by atoms with Gasteiger partial charge in [-0.25, -0.2) is 4.79 Å². The third kappa shape index (κ3) is 6.50. The molecule has 0 fully saturated rings. The molecule has 50 heavy (non-hydrogen) atoms. The van der Waals surface area contributed by atoms with Crippen LogP contribution in [-0.4, -0.2) is 59.2 Å². The van der Waals surface area contributed by atoms with E-state index >= 15 is 0 Å². The number of phenols is 1. The summed E-state index contributed by atoms with van der Waals surface area (Å²) in [5.41, 5.74) is 3.39. The molecule has 0 radical (unpaired) electrons. The van der Waals surface area contributed by atoms with E-state index in [2.05, 4.69) is 10.6 Å². The Labute approximate surface area is 285 Å². The Hall–Kier alpha value is -6.43. The zero-order chi connectivity index (χ0) is 35.5. The van der Waals surface area contributed by atoms with Crippen LogP contribution in [0.15, 0.2) is 82.0 Å². The lowest BCUT2D eigenvalue weighted by Crippen LogP contribution is -2.28. The van der Waals surface area contributed by atoms with E-state index in [0.717, 1.165) is 17.4 Å². The van der Waals surface area contributed by atoms with Gasteiger partial charge >= 0.3 is 5.97 Å². The number of unbranched alkanes of at least 4 members (excludes halogenated alkanes) is 1. The molecule has 0 atom stereocenters. The minimum Gasteiger partial charge on any atom is -0.508 e. The number of aromatic nitrogens is 1. The van der Waals surface area contributed by atoms with E-state index in [0.29, 0.717) is 65.0 Å². The van der Waals surface area contributed by atoms with Crippen molar-refractivity contribution in [2.24, 2.45) is 0 Å². The molecule has 1 aliphatic carbocycles. The molecular weight excluding hydrogens is 642 g/mol. The molecule has 4 aromatic rings. The van der Waals surface area contributed by atoms with Crippen molar-refractivity contribution >= 4 is 46.1 Å². The highest BCUT2D eigenvalue weighted by molar-refractivity contribution is 6.09. The standard InChI is InChI=1S/C38H33N3O9/c1-21-29(30-18-25(49-2)8-12-32(30)41(21)20-42)19-35(45)39-13-3-4-14-40-37(46)22-5-9-26(31(15-22)38(47)48)36-27-10-6-23(43)16-33(27)50-34-17-24(44)7-11-28(34)36/h5-12,15-18,20,43H,3-4,13-14,19H2,1-2H3,(H,39,45)(H,40,46)(H,47,48). The number of rotatable bonds is 12. The number of carboxylic acid groups (broad SMARTS) is 1. The number of hydrogen-bond acceptors (Lipinski definition) is 8. The smallest absolute Gasteiger partial charge is 0.336 e. The molecule has 0 saturated carbocycles. The Morgan fingerprint density at radius 2 is 1.66 bits per heavy atom. The van der Waals surface area contributed by atoms with Gasteiger partial charge in [-0.3, -0.25) is 23.7 Å². The first kappa shape index (κ1) is 33.5. The van der Waals surface area contributed by atoms with Crippen LogP contribution >= 0.6 is 0 Å². The van der Waals surface area contributed by atoms with Crippen molar-refractivity contribution < 1.29 is 38.5 Å². The second-order valence-corrected chi connectivity index (χ2v) is 11.8. The number of nitrogens with zero attached hydrogens (tertiary/aromatic N) is 1. The number of carbonyl (C=O) groups is 4. The summed E-state index contributed by atoms with van der Waals surface area (Å²) in [7, 11) is 1.55. The number of nitrogens with one attached hydrogen (secondary N) is 2. The molecular formula is C38H33N3O9. The third-order valence-electron chi connectivity index (χ3n) is 8.70. The molecule has 6 rings (SSSR count). The van der Waals surface area contributed by atoms with E-state index in [1.54, 1.807) is 50.4 Å². The quantitative estimate of drug-likeness (QED) is 0.0776. The first-order valence-corrected chi connectivity index (χ1v) is 15.8. The minimum atomic E-state index is -1.25. The SMILES string of the molecule is COc1ccc2c(c1)c(CC(=O)NCCCCNC(=O)c1ccc(-c3c4ccc(=O)cc-4oc4cc(O)ccc34)c(C(=O)O)c1)c(C)n2C=O. The fraction of sp³-hybridized carbons (Fsp3) is 0.184. The Morgan fingerprint density at radius 3 is 2.40 bits per heavy atom. The molecule has 0 bridgehead atoms. The molecule has 2 amide bonds. The number of methoxy groups -OCH3 is 1. The van der Waals surface area contributed by atoms with Crippen LogP contribution in [0.3, 0.4) is 0 Å². The highest BCUT2D eigenvalue weighted by Gasteiger charge is 2.23. The van der Waals surface area contributed by atoms with E-state index < -0.39 is 11.9 Å². The lowest BCUT2D eigenvalue weighted by molar-refractivity contribution is -0.120. The van der Waals surface area contributed by atoms with Crippen molar-refractivity contribution in [1.82, 2.24) is 15.2 Å². The summed E-state index contributed by atoms with van der Waals surface area (Å²) in [5, 5.41) is 27.2. The van der Waals surface area contributed by atoms with Crippen LogP contribution in [0.2, 0.25) is 0 Å². The maximum atomic E-state index is 13.0. The molecule has 0 saturated heterocycles.